The van der Waals surface area contributed by atoms with Crippen molar-refractivity contribution in [1.29, 1.82) is 4.78 Å². The van der Waals surface area contributed by atoms with E-state index in [1.807, 2.05) is 6.92 Å². The Labute approximate surface area is 69.3 Å². The van der Waals surface area contributed by atoms with Crippen LogP contribution < -0.4 is 0 Å². The second-order valence-electron chi connectivity index (χ2n) is 2.82. The summed E-state index contributed by atoms with van der Waals surface area (Å²) in [7, 11) is -2.75. The summed E-state index contributed by atoms with van der Waals surface area (Å²) >= 11 is 0. The summed E-state index contributed by atoms with van der Waals surface area (Å²) in [5.41, 5.74) is 0. The minimum Gasteiger partial charge on any atom is -0.282 e. The van der Waals surface area contributed by atoms with Gasteiger partial charge in [-0.05, 0) is 13.3 Å². The molecule has 0 spiro atoms. The van der Waals surface area contributed by atoms with Crippen LogP contribution in [0.15, 0.2) is 0 Å². The molecule has 0 radical (unpaired) electrons. The highest BCUT2D eigenvalue weighted by molar-refractivity contribution is 7.87. The summed E-state index contributed by atoms with van der Waals surface area (Å²) in [6, 6.07) is 0. The number of nitrogens with one attached hydrogen (secondary N) is 1. The molecule has 0 aromatic rings. The Morgan fingerprint density at radius 1 is 1.64 bits per heavy atom. The van der Waals surface area contributed by atoms with Crippen LogP contribution in [0.4, 0.5) is 0 Å². The standard InChI is InChI=1S/C7H17NO2S/c1-4-5-6-7(2)10-11(3,8)9/h7-8H,4-6H2,1-3H3. The number of hydrogen-bond donors (Lipinski definition) is 1. The first-order chi connectivity index (χ1) is 4.95. The molecule has 0 aliphatic carbocycles. The molecule has 0 amide bonds. The molecule has 0 saturated carbocycles. The molecule has 0 heterocycles. The Balaban J connectivity index is 3.61. The van der Waals surface area contributed by atoms with Crippen molar-refractivity contribution in [1.82, 2.24) is 0 Å². The van der Waals surface area contributed by atoms with E-state index in [-0.39, 0.29) is 6.10 Å². The second kappa shape index (κ2) is 4.72. The molecule has 1 N–H and O–H groups in total. The van der Waals surface area contributed by atoms with E-state index in [0.717, 1.165) is 19.3 Å². The highest BCUT2D eigenvalue weighted by atomic mass is 32.2. The first-order valence-electron chi connectivity index (χ1n) is 3.87. The molecular weight excluding hydrogens is 162 g/mol. The summed E-state index contributed by atoms with van der Waals surface area (Å²) in [5, 5.41) is 0. The van der Waals surface area contributed by atoms with Crippen LogP contribution in [0.1, 0.15) is 33.1 Å². The molecule has 0 aliphatic heterocycles. The van der Waals surface area contributed by atoms with Crippen LogP contribution in [0.3, 0.4) is 0 Å². The lowest BCUT2D eigenvalue weighted by atomic mass is 10.2. The zero-order valence-corrected chi connectivity index (χ0v) is 8.24. The smallest absolute Gasteiger partial charge is 0.157 e. The Morgan fingerprint density at radius 3 is 2.55 bits per heavy atom. The molecule has 68 valence electrons. The third kappa shape index (κ3) is 7.81. The Hall–Kier alpha value is -0.0900. The van der Waals surface area contributed by atoms with E-state index in [4.69, 9.17) is 8.96 Å². The average molecular weight is 179 g/mol. The molecule has 0 bridgehead atoms. The van der Waals surface area contributed by atoms with E-state index in [1.165, 1.54) is 6.26 Å². The second-order valence-corrected chi connectivity index (χ2v) is 4.56. The predicted octanol–water partition coefficient (Wildman–Crippen LogP) is 2.17. The van der Waals surface area contributed by atoms with Gasteiger partial charge in [-0.1, -0.05) is 19.8 Å². The van der Waals surface area contributed by atoms with Crippen LogP contribution in [-0.4, -0.2) is 16.6 Å². The van der Waals surface area contributed by atoms with E-state index < -0.39 is 10.0 Å². The van der Waals surface area contributed by atoms with Gasteiger partial charge in [0.2, 0.25) is 0 Å². The van der Waals surface area contributed by atoms with Crippen LogP contribution >= 0.6 is 0 Å². The molecule has 0 aliphatic rings. The molecule has 4 heteroatoms. The van der Waals surface area contributed by atoms with Crippen LogP contribution in [0, 0.1) is 4.78 Å². The normalized spacial score (nSPS) is 19.2. The molecule has 0 aromatic carbocycles. The zero-order valence-electron chi connectivity index (χ0n) is 7.42. The fourth-order valence-corrected chi connectivity index (χ4v) is 1.58. The summed E-state index contributed by atoms with van der Waals surface area (Å²) in [6.07, 6.45) is 4.31. The fraction of sp³-hybridized carbons (Fsp3) is 1.00. The van der Waals surface area contributed by atoms with Gasteiger partial charge in [-0.15, -0.1) is 0 Å². The first kappa shape index (κ1) is 10.9. The van der Waals surface area contributed by atoms with Gasteiger partial charge in [-0.25, -0.2) is 8.99 Å². The minimum absolute atomic E-state index is 0.0510. The maximum absolute atomic E-state index is 10.8. The Bertz CT molecular complexity index is 187. The lowest BCUT2D eigenvalue weighted by Crippen LogP contribution is -2.12. The average Bonchev–Trinajstić information content (AvgIpc) is 1.79. The molecule has 0 rings (SSSR count). The van der Waals surface area contributed by atoms with Gasteiger partial charge < -0.3 is 0 Å². The van der Waals surface area contributed by atoms with Gasteiger partial charge >= 0.3 is 0 Å². The molecule has 0 fully saturated rings. The summed E-state index contributed by atoms with van der Waals surface area (Å²) in [4.78, 5) is 0. The largest absolute Gasteiger partial charge is 0.282 e. The number of hydrogen-bond acceptors (Lipinski definition) is 3. The third-order valence-electron chi connectivity index (χ3n) is 1.31. The quantitative estimate of drug-likeness (QED) is 0.703. The van der Waals surface area contributed by atoms with E-state index in [0.29, 0.717) is 0 Å². The maximum Gasteiger partial charge on any atom is 0.157 e. The van der Waals surface area contributed by atoms with E-state index >= 15 is 0 Å². The highest BCUT2D eigenvalue weighted by Gasteiger charge is 2.05. The SMILES string of the molecule is CCCCC(C)OS(C)(=N)=O. The molecule has 2 atom stereocenters. The molecule has 11 heavy (non-hydrogen) atoms. The Kier molecular flexibility index (Phi) is 4.68. The highest BCUT2D eigenvalue weighted by Crippen LogP contribution is 2.06. The van der Waals surface area contributed by atoms with Crippen molar-refractivity contribution < 1.29 is 8.39 Å². The van der Waals surface area contributed by atoms with Crippen LogP contribution in [0.5, 0.6) is 0 Å². The van der Waals surface area contributed by atoms with Crippen molar-refractivity contribution in [2.45, 2.75) is 39.2 Å². The lowest BCUT2D eigenvalue weighted by molar-refractivity contribution is 0.228. The van der Waals surface area contributed by atoms with Crippen LogP contribution in [0.2, 0.25) is 0 Å². The van der Waals surface area contributed by atoms with Gasteiger partial charge in [0, 0.05) is 6.26 Å². The van der Waals surface area contributed by atoms with Gasteiger partial charge in [0.1, 0.15) is 0 Å². The van der Waals surface area contributed by atoms with Crippen molar-refractivity contribution in [3.8, 4) is 0 Å². The molecule has 2 unspecified atom stereocenters. The summed E-state index contributed by atoms with van der Waals surface area (Å²) in [6.45, 7) is 3.95. The maximum atomic E-state index is 10.8. The minimum atomic E-state index is -2.75. The summed E-state index contributed by atoms with van der Waals surface area (Å²) < 4.78 is 22.7. The fourth-order valence-electron chi connectivity index (χ4n) is 0.853. The van der Waals surface area contributed by atoms with E-state index in [1.54, 1.807) is 0 Å². The summed E-state index contributed by atoms with van der Waals surface area (Å²) in [5.74, 6) is 0. The topological polar surface area (TPSA) is 50.1 Å². The monoisotopic (exact) mass is 179 g/mol. The van der Waals surface area contributed by atoms with Gasteiger partial charge in [-0.3, -0.25) is 4.18 Å². The van der Waals surface area contributed by atoms with Crippen molar-refractivity contribution in [3.63, 3.8) is 0 Å². The number of rotatable bonds is 5. The lowest BCUT2D eigenvalue weighted by Gasteiger charge is -2.10. The van der Waals surface area contributed by atoms with Crippen molar-refractivity contribution in [2.75, 3.05) is 6.26 Å². The van der Waals surface area contributed by atoms with Crippen molar-refractivity contribution in [3.05, 3.63) is 0 Å². The van der Waals surface area contributed by atoms with Crippen LogP contribution in [0.25, 0.3) is 0 Å². The van der Waals surface area contributed by atoms with Crippen molar-refractivity contribution >= 4 is 10.0 Å². The third-order valence-corrected chi connectivity index (χ3v) is 2.01. The van der Waals surface area contributed by atoms with Crippen LogP contribution in [-0.2, 0) is 14.2 Å². The molecule has 0 aromatic heterocycles. The van der Waals surface area contributed by atoms with Gasteiger partial charge in [0.05, 0.1) is 6.10 Å². The van der Waals surface area contributed by atoms with E-state index in [2.05, 4.69) is 6.92 Å². The predicted molar refractivity (Wildman–Crippen MR) is 46.9 cm³/mol. The van der Waals surface area contributed by atoms with Crippen molar-refractivity contribution in [2.24, 2.45) is 0 Å². The van der Waals surface area contributed by atoms with Gasteiger partial charge in [0.25, 0.3) is 0 Å². The molecule has 3 nitrogen and oxygen atoms in total. The Morgan fingerprint density at radius 2 is 2.18 bits per heavy atom. The van der Waals surface area contributed by atoms with Gasteiger partial charge in [0.15, 0.2) is 10.0 Å². The number of unbranched alkanes of at least 4 members (excludes halogenated alkanes) is 1. The molecular formula is C7H17NO2S. The van der Waals surface area contributed by atoms with E-state index in [9.17, 15) is 4.21 Å². The first-order valence-corrected chi connectivity index (χ1v) is 5.77. The zero-order chi connectivity index (χ0) is 8.91. The molecule has 0 saturated heterocycles. The van der Waals surface area contributed by atoms with Gasteiger partial charge in [-0.2, -0.15) is 0 Å².